The molecule has 1 aromatic heterocycles. The number of nitrogens with zero attached hydrogens (tertiary/aromatic N) is 1. The summed E-state index contributed by atoms with van der Waals surface area (Å²) in [4.78, 5) is 18.6. The molecule has 1 heterocycles. The van der Waals surface area contributed by atoms with E-state index in [2.05, 4.69) is 5.32 Å². The second-order valence-electron chi connectivity index (χ2n) is 6.95. The fraction of sp³-hybridized carbons (Fsp3) is 0.250. The quantitative estimate of drug-likeness (QED) is 0.387. The van der Waals surface area contributed by atoms with Crippen LogP contribution in [0.5, 0.6) is 0 Å². The Kier molecular flexibility index (Phi) is 6.06. The zero-order valence-corrected chi connectivity index (χ0v) is 17.3. The molecule has 2 aromatic carbocycles. The first kappa shape index (κ1) is 19.4. The Balaban J connectivity index is 1.66. The molecule has 5 heteroatoms. The van der Waals surface area contributed by atoms with Crippen molar-refractivity contribution in [2.45, 2.75) is 32.6 Å². The number of thiophene rings is 1. The van der Waals surface area contributed by atoms with Crippen LogP contribution in [0.15, 0.2) is 59.6 Å². The van der Waals surface area contributed by atoms with Gasteiger partial charge >= 0.3 is 5.97 Å². The zero-order chi connectivity index (χ0) is 20.1. The van der Waals surface area contributed by atoms with Crippen molar-refractivity contribution in [3.8, 4) is 0 Å². The molecule has 0 saturated carbocycles. The molecule has 1 aliphatic carbocycles. The minimum Gasteiger partial charge on any atom is -0.462 e. The standard InChI is InChI=1S/C24H24N2O2S/c1-2-28-24(27)22-19-13-7-9-15-21(19)29-23(22)25-16-17-10-6-8-14-20(17)26-18-11-4-3-5-12-18/h3-6,8,10-12,14,16,26H,2,7,9,13,15H2,1H3. The van der Waals surface area contributed by atoms with Crippen LogP contribution < -0.4 is 5.32 Å². The number of benzene rings is 2. The minimum absolute atomic E-state index is 0.255. The summed E-state index contributed by atoms with van der Waals surface area (Å²) in [5.41, 5.74) is 4.77. The molecule has 0 spiro atoms. The van der Waals surface area contributed by atoms with E-state index in [-0.39, 0.29) is 5.97 Å². The molecule has 0 amide bonds. The van der Waals surface area contributed by atoms with Gasteiger partial charge in [0.05, 0.1) is 12.2 Å². The number of nitrogens with one attached hydrogen (secondary N) is 1. The minimum atomic E-state index is -0.255. The largest absolute Gasteiger partial charge is 0.462 e. The number of anilines is 2. The van der Waals surface area contributed by atoms with E-state index < -0.39 is 0 Å². The molecule has 0 fully saturated rings. The van der Waals surface area contributed by atoms with Gasteiger partial charge in [0.1, 0.15) is 5.00 Å². The lowest BCUT2D eigenvalue weighted by atomic mass is 9.95. The lowest BCUT2D eigenvalue weighted by Gasteiger charge is -2.11. The second kappa shape index (κ2) is 9.05. The van der Waals surface area contributed by atoms with E-state index in [0.29, 0.717) is 12.2 Å². The molecule has 3 aromatic rings. The van der Waals surface area contributed by atoms with Gasteiger partial charge in [0, 0.05) is 28.0 Å². The van der Waals surface area contributed by atoms with Crippen molar-refractivity contribution in [2.24, 2.45) is 4.99 Å². The van der Waals surface area contributed by atoms with Crippen LogP contribution in [0, 0.1) is 0 Å². The maximum absolute atomic E-state index is 12.6. The molecule has 0 aliphatic heterocycles. The summed E-state index contributed by atoms with van der Waals surface area (Å²) in [6.07, 6.45) is 6.08. The van der Waals surface area contributed by atoms with E-state index in [1.807, 2.05) is 67.7 Å². The number of para-hydroxylation sites is 2. The van der Waals surface area contributed by atoms with Crippen LogP contribution in [0.3, 0.4) is 0 Å². The van der Waals surface area contributed by atoms with Crippen LogP contribution >= 0.6 is 11.3 Å². The van der Waals surface area contributed by atoms with Gasteiger partial charge < -0.3 is 10.1 Å². The van der Waals surface area contributed by atoms with E-state index in [9.17, 15) is 4.79 Å². The number of rotatable bonds is 6. The monoisotopic (exact) mass is 404 g/mol. The average molecular weight is 405 g/mol. The number of hydrogen-bond donors (Lipinski definition) is 1. The first-order valence-electron chi connectivity index (χ1n) is 10.0. The first-order chi connectivity index (χ1) is 14.3. The molecule has 0 unspecified atom stereocenters. The number of hydrogen-bond acceptors (Lipinski definition) is 5. The van der Waals surface area contributed by atoms with E-state index in [0.717, 1.165) is 46.8 Å². The van der Waals surface area contributed by atoms with Gasteiger partial charge in [-0.05, 0) is 56.4 Å². The van der Waals surface area contributed by atoms with Crippen LogP contribution in [0.4, 0.5) is 16.4 Å². The van der Waals surface area contributed by atoms with Gasteiger partial charge in [-0.25, -0.2) is 9.79 Å². The Hall–Kier alpha value is -2.92. The Morgan fingerprint density at radius 3 is 2.69 bits per heavy atom. The maximum Gasteiger partial charge on any atom is 0.341 e. The van der Waals surface area contributed by atoms with Crippen LogP contribution in [0.25, 0.3) is 0 Å². The Morgan fingerprint density at radius 2 is 1.86 bits per heavy atom. The number of esters is 1. The van der Waals surface area contributed by atoms with Gasteiger partial charge in [-0.15, -0.1) is 11.3 Å². The van der Waals surface area contributed by atoms with Crippen molar-refractivity contribution in [1.82, 2.24) is 0 Å². The van der Waals surface area contributed by atoms with Crippen LogP contribution in [0.1, 0.15) is 46.1 Å². The van der Waals surface area contributed by atoms with Crippen molar-refractivity contribution >= 4 is 39.9 Å². The molecule has 0 saturated heterocycles. The lowest BCUT2D eigenvalue weighted by molar-refractivity contribution is 0.0526. The van der Waals surface area contributed by atoms with Crippen molar-refractivity contribution in [2.75, 3.05) is 11.9 Å². The summed E-state index contributed by atoms with van der Waals surface area (Å²) in [5.74, 6) is -0.255. The van der Waals surface area contributed by atoms with E-state index in [1.165, 1.54) is 11.3 Å². The number of aryl methyl sites for hydroxylation is 1. The smallest absolute Gasteiger partial charge is 0.341 e. The number of carbonyl (C=O) groups excluding carboxylic acids is 1. The van der Waals surface area contributed by atoms with Gasteiger partial charge in [0.25, 0.3) is 0 Å². The summed E-state index contributed by atoms with van der Waals surface area (Å²) in [6.45, 7) is 2.21. The van der Waals surface area contributed by atoms with Crippen molar-refractivity contribution in [3.63, 3.8) is 0 Å². The van der Waals surface area contributed by atoms with Gasteiger partial charge in [-0.2, -0.15) is 0 Å². The predicted octanol–water partition coefficient (Wildman–Crippen LogP) is 6.30. The molecular weight excluding hydrogens is 380 g/mol. The van der Waals surface area contributed by atoms with Crippen LogP contribution in [-0.4, -0.2) is 18.8 Å². The molecule has 148 valence electrons. The third kappa shape index (κ3) is 4.40. The Morgan fingerprint density at radius 1 is 1.10 bits per heavy atom. The van der Waals surface area contributed by atoms with Gasteiger partial charge in [0.15, 0.2) is 0 Å². The number of ether oxygens (including phenoxy) is 1. The third-order valence-corrected chi connectivity index (χ3v) is 6.17. The summed E-state index contributed by atoms with van der Waals surface area (Å²) in [6, 6.07) is 18.1. The third-order valence-electron chi connectivity index (χ3n) is 4.97. The van der Waals surface area contributed by atoms with E-state index in [1.54, 1.807) is 11.3 Å². The molecule has 4 rings (SSSR count). The van der Waals surface area contributed by atoms with Crippen LogP contribution in [-0.2, 0) is 17.6 Å². The van der Waals surface area contributed by atoms with Crippen LogP contribution in [0.2, 0.25) is 0 Å². The SMILES string of the molecule is CCOC(=O)c1c(N=Cc2ccccc2Nc2ccccc2)sc2c1CCCC2. The lowest BCUT2D eigenvalue weighted by Crippen LogP contribution is -2.09. The summed E-state index contributed by atoms with van der Waals surface area (Å²) in [7, 11) is 0. The number of carbonyl (C=O) groups is 1. The molecule has 4 nitrogen and oxygen atoms in total. The fourth-order valence-corrected chi connectivity index (χ4v) is 4.81. The zero-order valence-electron chi connectivity index (χ0n) is 16.5. The molecule has 1 N–H and O–H groups in total. The molecular formula is C24H24N2O2S. The van der Waals surface area contributed by atoms with Crippen molar-refractivity contribution < 1.29 is 9.53 Å². The Bertz CT molecular complexity index is 1020. The highest BCUT2D eigenvalue weighted by Crippen LogP contribution is 2.40. The Labute approximate surface area is 175 Å². The number of aliphatic imine (C=N–C) groups is 1. The van der Waals surface area contributed by atoms with Crippen molar-refractivity contribution in [1.29, 1.82) is 0 Å². The number of fused-ring (bicyclic) bond motifs is 1. The van der Waals surface area contributed by atoms with Gasteiger partial charge in [-0.3, -0.25) is 0 Å². The second-order valence-corrected chi connectivity index (χ2v) is 8.03. The predicted molar refractivity (Wildman–Crippen MR) is 120 cm³/mol. The fourth-order valence-electron chi connectivity index (χ4n) is 3.58. The normalized spacial score (nSPS) is 13.3. The van der Waals surface area contributed by atoms with Gasteiger partial charge in [-0.1, -0.05) is 36.4 Å². The molecule has 0 radical (unpaired) electrons. The highest BCUT2D eigenvalue weighted by Gasteiger charge is 2.26. The average Bonchev–Trinajstić information content (AvgIpc) is 3.12. The van der Waals surface area contributed by atoms with Crippen molar-refractivity contribution in [3.05, 3.63) is 76.2 Å². The van der Waals surface area contributed by atoms with Gasteiger partial charge in [0.2, 0.25) is 0 Å². The van der Waals surface area contributed by atoms with E-state index in [4.69, 9.17) is 9.73 Å². The molecule has 0 bridgehead atoms. The van der Waals surface area contributed by atoms with E-state index >= 15 is 0 Å². The maximum atomic E-state index is 12.6. The topological polar surface area (TPSA) is 50.7 Å². The summed E-state index contributed by atoms with van der Waals surface area (Å²) >= 11 is 1.63. The summed E-state index contributed by atoms with van der Waals surface area (Å²) < 4.78 is 5.33. The highest BCUT2D eigenvalue weighted by molar-refractivity contribution is 7.16. The molecule has 0 atom stereocenters. The highest BCUT2D eigenvalue weighted by atomic mass is 32.1. The molecule has 29 heavy (non-hydrogen) atoms. The first-order valence-corrected chi connectivity index (χ1v) is 10.8. The molecule has 1 aliphatic rings. The summed E-state index contributed by atoms with van der Waals surface area (Å²) in [5, 5.41) is 4.19.